The standard InChI is InChI=1S/C21H33NO5/c1-6-7-14-26-17-12-8-10-16(15-17)11-9-13-18(19(23)25-5)22-20(24)27-21(2,3)4/h8,10,12,15,18H,6-7,9,11,13-14H2,1-5H3,(H,22,24)/t18-/m1/s1. The van der Waals surface area contributed by atoms with Crippen LogP contribution in [0.3, 0.4) is 0 Å². The van der Waals surface area contributed by atoms with E-state index in [-0.39, 0.29) is 0 Å². The van der Waals surface area contributed by atoms with Crippen LogP contribution in [0.25, 0.3) is 0 Å². The first-order valence-corrected chi connectivity index (χ1v) is 9.54. The number of nitrogens with one attached hydrogen (secondary N) is 1. The number of esters is 1. The van der Waals surface area contributed by atoms with Crippen LogP contribution in [0, 0.1) is 0 Å². The van der Waals surface area contributed by atoms with Gasteiger partial charge in [-0.15, -0.1) is 0 Å². The monoisotopic (exact) mass is 379 g/mol. The van der Waals surface area contributed by atoms with Gasteiger partial charge in [0.15, 0.2) is 0 Å². The number of methoxy groups -OCH3 is 1. The van der Waals surface area contributed by atoms with Gasteiger partial charge >= 0.3 is 12.1 Å². The summed E-state index contributed by atoms with van der Waals surface area (Å²) in [5.74, 6) is 0.384. The molecule has 0 unspecified atom stereocenters. The number of carbonyl (C=O) groups is 2. The molecule has 0 radical (unpaired) electrons. The van der Waals surface area contributed by atoms with E-state index in [0.717, 1.165) is 30.6 Å². The molecule has 1 atom stereocenters. The summed E-state index contributed by atoms with van der Waals surface area (Å²) in [6.45, 7) is 8.16. The number of hydrogen-bond donors (Lipinski definition) is 1. The molecule has 1 rings (SSSR count). The Bertz CT molecular complexity index is 594. The summed E-state index contributed by atoms with van der Waals surface area (Å²) in [5, 5.41) is 2.60. The van der Waals surface area contributed by atoms with Gasteiger partial charge in [0.1, 0.15) is 17.4 Å². The Morgan fingerprint density at radius 3 is 2.56 bits per heavy atom. The zero-order chi connectivity index (χ0) is 20.3. The molecule has 1 N–H and O–H groups in total. The molecule has 6 heteroatoms. The maximum absolute atomic E-state index is 11.9. The van der Waals surface area contributed by atoms with Crippen molar-refractivity contribution in [1.29, 1.82) is 0 Å². The second-order valence-corrected chi connectivity index (χ2v) is 7.46. The van der Waals surface area contributed by atoms with Crippen molar-refractivity contribution < 1.29 is 23.8 Å². The number of carbonyl (C=O) groups excluding carboxylic acids is 2. The summed E-state index contributed by atoms with van der Waals surface area (Å²) in [5.41, 5.74) is 0.507. The van der Waals surface area contributed by atoms with Crippen LogP contribution in [0.4, 0.5) is 4.79 Å². The molecule has 0 saturated carbocycles. The Kier molecular flexibility index (Phi) is 9.68. The highest BCUT2D eigenvalue weighted by Crippen LogP contribution is 2.16. The number of benzene rings is 1. The van der Waals surface area contributed by atoms with Crippen molar-refractivity contribution >= 4 is 12.1 Å². The van der Waals surface area contributed by atoms with E-state index in [1.807, 2.05) is 24.3 Å². The number of rotatable bonds is 10. The van der Waals surface area contributed by atoms with Crippen LogP contribution in [0.1, 0.15) is 58.9 Å². The summed E-state index contributed by atoms with van der Waals surface area (Å²) in [7, 11) is 1.31. The molecular weight excluding hydrogens is 346 g/mol. The van der Waals surface area contributed by atoms with Gasteiger partial charge in [0.2, 0.25) is 0 Å². The van der Waals surface area contributed by atoms with Crippen LogP contribution in [0.15, 0.2) is 24.3 Å². The lowest BCUT2D eigenvalue weighted by Crippen LogP contribution is -2.44. The largest absolute Gasteiger partial charge is 0.494 e. The second kappa shape index (κ2) is 11.5. The number of ether oxygens (including phenoxy) is 3. The fourth-order valence-electron chi connectivity index (χ4n) is 2.48. The highest BCUT2D eigenvalue weighted by molar-refractivity contribution is 5.81. The Morgan fingerprint density at radius 1 is 1.19 bits per heavy atom. The molecule has 0 aromatic heterocycles. The number of alkyl carbamates (subject to hydrolysis) is 1. The highest BCUT2D eigenvalue weighted by atomic mass is 16.6. The lowest BCUT2D eigenvalue weighted by Gasteiger charge is -2.22. The van der Waals surface area contributed by atoms with Gasteiger partial charge in [0, 0.05) is 0 Å². The summed E-state index contributed by atoms with van der Waals surface area (Å²) in [4.78, 5) is 23.9. The summed E-state index contributed by atoms with van der Waals surface area (Å²) in [6.07, 6.45) is 3.46. The molecule has 6 nitrogen and oxygen atoms in total. The SMILES string of the molecule is CCCCOc1cccc(CCC[C@@H](NC(=O)OC(C)(C)C)C(=O)OC)c1. The first kappa shape index (κ1) is 22.8. The first-order chi connectivity index (χ1) is 12.7. The summed E-state index contributed by atoms with van der Waals surface area (Å²) in [6, 6.07) is 7.23. The Hall–Kier alpha value is -2.24. The van der Waals surface area contributed by atoms with E-state index in [1.165, 1.54) is 7.11 Å². The van der Waals surface area contributed by atoms with Crippen LogP contribution >= 0.6 is 0 Å². The average Bonchev–Trinajstić information content (AvgIpc) is 2.59. The van der Waals surface area contributed by atoms with Crippen LogP contribution in [-0.4, -0.2) is 37.4 Å². The molecule has 0 aliphatic heterocycles. The third-order valence-electron chi connectivity index (χ3n) is 3.80. The Balaban J connectivity index is 2.55. The van der Waals surface area contributed by atoms with Crippen molar-refractivity contribution in [1.82, 2.24) is 5.32 Å². The van der Waals surface area contributed by atoms with Gasteiger partial charge in [-0.3, -0.25) is 0 Å². The summed E-state index contributed by atoms with van der Waals surface area (Å²) >= 11 is 0. The number of unbranched alkanes of at least 4 members (excludes halogenated alkanes) is 1. The normalized spacial score (nSPS) is 12.2. The quantitative estimate of drug-likeness (QED) is 0.486. The van der Waals surface area contributed by atoms with E-state index in [4.69, 9.17) is 14.2 Å². The van der Waals surface area contributed by atoms with Gasteiger partial charge in [-0.05, 0) is 64.2 Å². The molecule has 0 saturated heterocycles. The fraction of sp³-hybridized carbons (Fsp3) is 0.619. The third kappa shape index (κ3) is 9.87. The minimum Gasteiger partial charge on any atom is -0.494 e. The van der Waals surface area contributed by atoms with Crippen molar-refractivity contribution in [3.63, 3.8) is 0 Å². The van der Waals surface area contributed by atoms with Crippen LogP contribution in [0.5, 0.6) is 5.75 Å². The van der Waals surface area contributed by atoms with Crippen molar-refractivity contribution in [2.75, 3.05) is 13.7 Å². The number of amides is 1. The topological polar surface area (TPSA) is 73.9 Å². The predicted octanol–water partition coefficient (Wildman–Crippen LogP) is 4.25. The van der Waals surface area contributed by atoms with E-state index >= 15 is 0 Å². The van der Waals surface area contributed by atoms with Crippen LogP contribution < -0.4 is 10.1 Å². The molecule has 1 aromatic rings. The minimum absolute atomic E-state index is 0.465. The minimum atomic E-state index is -0.728. The van der Waals surface area contributed by atoms with Gasteiger partial charge in [0.05, 0.1) is 13.7 Å². The fourth-order valence-corrected chi connectivity index (χ4v) is 2.48. The molecule has 1 amide bonds. The Labute approximate surface area is 162 Å². The maximum atomic E-state index is 11.9. The zero-order valence-corrected chi connectivity index (χ0v) is 17.2. The highest BCUT2D eigenvalue weighted by Gasteiger charge is 2.24. The van der Waals surface area contributed by atoms with E-state index in [2.05, 4.69) is 12.2 Å². The molecule has 0 spiro atoms. The van der Waals surface area contributed by atoms with Gasteiger partial charge in [-0.2, -0.15) is 0 Å². The van der Waals surface area contributed by atoms with Gasteiger partial charge in [-0.25, -0.2) is 9.59 Å². The van der Waals surface area contributed by atoms with Crippen molar-refractivity contribution in [2.45, 2.75) is 71.4 Å². The molecule has 0 bridgehead atoms. The van der Waals surface area contributed by atoms with Gasteiger partial charge in [0.25, 0.3) is 0 Å². The number of aryl methyl sites for hydroxylation is 1. The third-order valence-corrected chi connectivity index (χ3v) is 3.80. The Morgan fingerprint density at radius 2 is 1.93 bits per heavy atom. The molecule has 152 valence electrons. The molecule has 0 aliphatic carbocycles. The average molecular weight is 379 g/mol. The summed E-state index contributed by atoms with van der Waals surface area (Å²) < 4.78 is 15.7. The second-order valence-electron chi connectivity index (χ2n) is 7.46. The molecule has 0 aliphatic rings. The maximum Gasteiger partial charge on any atom is 0.408 e. The van der Waals surface area contributed by atoms with E-state index in [9.17, 15) is 9.59 Å². The molecule has 27 heavy (non-hydrogen) atoms. The van der Waals surface area contributed by atoms with Crippen molar-refractivity contribution in [3.8, 4) is 5.75 Å². The molecule has 0 fully saturated rings. The molecule has 1 aromatic carbocycles. The zero-order valence-electron chi connectivity index (χ0n) is 17.2. The van der Waals surface area contributed by atoms with Crippen molar-refractivity contribution in [3.05, 3.63) is 29.8 Å². The molecular formula is C21H33NO5. The number of hydrogen-bond acceptors (Lipinski definition) is 5. The van der Waals surface area contributed by atoms with Gasteiger partial charge < -0.3 is 19.5 Å². The lowest BCUT2D eigenvalue weighted by atomic mass is 10.0. The van der Waals surface area contributed by atoms with E-state index < -0.39 is 23.7 Å². The van der Waals surface area contributed by atoms with Crippen molar-refractivity contribution in [2.24, 2.45) is 0 Å². The lowest BCUT2D eigenvalue weighted by molar-refractivity contribution is -0.143. The van der Waals surface area contributed by atoms with Crippen LogP contribution in [-0.2, 0) is 20.7 Å². The predicted molar refractivity (Wildman–Crippen MR) is 105 cm³/mol. The van der Waals surface area contributed by atoms with E-state index in [0.29, 0.717) is 19.4 Å². The van der Waals surface area contributed by atoms with E-state index in [1.54, 1.807) is 20.8 Å². The smallest absolute Gasteiger partial charge is 0.408 e. The molecule has 0 heterocycles. The first-order valence-electron chi connectivity index (χ1n) is 9.54. The van der Waals surface area contributed by atoms with Crippen LogP contribution in [0.2, 0.25) is 0 Å². The van der Waals surface area contributed by atoms with Gasteiger partial charge in [-0.1, -0.05) is 25.5 Å².